The van der Waals surface area contributed by atoms with Crippen molar-refractivity contribution in [1.82, 2.24) is 5.32 Å². The van der Waals surface area contributed by atoms with Crippen molar-refractivity contribution in [2.45, 2.75) is 12.8 Å². The minimum atomic E-state index is 0. The molecule has 0 spiro atoms. The first-order valence-electron chi connectivity index (χ1n) is 2.18. The largest absolute Gasteiger partial charge is 0.485 e. The molecule has 0 bridgehead atoms. The second-order valence-corrected chi connectivity index (χ2v) is 1.48. The summed E-state index contributed by atoms with van der Waals surface area (Å²) in [5, 5.41) is 11.3. The van der Waals surface area contributed by atoms with Crippen molar-refractivity contribution in [2.75, 3.05) is 6.54 Å². The molecular weight excluding hydrogens is 260 g/mol. The van der Waals surface area contributed by atoms with Crippen LogP contribution in [-0.4, -0.2) is 12.4 Å². The standard InChI is InChI=1S/C4H7N2.W/c5-4-2-1-3-6-4;/h1-3H2,(H-,5,6);/q-1;. The molecule has 40 valence electrons. The van der Waals surface area contributed by atoms with Gasteiger partial charge in [0, 0.05) is 21.1 Å². The summed E-state index contributed by atoms with van der Waals surface area (Å²) >= 11 is 0. The van der Waals surface area contributed by atoms with Crippen LogP contribution >= 0.6 is 0 Å². The van der Waals surface area contributed by atoms with Crippen LogP contribution < -0.4 is 5.32 Å². The van der Waals surface area contributed by atoms with Crippen molar-refractivity contribution >= 4 is 5.84 Å². The second kappa shape index (κ2) is 3.20. The van der Waals surface area contributed by atoms with E-state index in [1.54, 1.807) is 0 Å². The van der Waals surface area contributed by atoms with E-state index in [1.807, 2.05) is 0 Å². The van der Waals surface area contributed by atoms with Crippen molar-refractivity contribution < 1.29 is 21.1 Å². The molecule has 1 heterocycles. The van der Waals surface area contributed by atoms with Crippen LogP contribution in [0, 0.1) is 0 Å². The van der Waals surface area contributed by atoms with Crippen LogP contribution in [0.3, 0.4) is 0 Å². The van der Waals surface area contributed by atoms with Crippen LogP contribution in [0.4, 0.5) is 0 Å². The van der Waals surface area contributed by atoms with Gasteiger partial charge in [0.25, 0.3) is 0 Å². The molecule has 0 aromatic carbocycles. The molecule has 0 aliphatic carbocycles. The maximum atomic E-state index is 8.53. The van der Waals surface area contributed by atoms with Gasteiger partial charge in [0.1, 0.15) is 0 Å². The van der Waals surface area contributed by atoms with Crippen molar-refractivity contribution in [1.29, 1.82) is 0 Å². The molecule has 0 radical (unpaired) electrons. The molecule has 0 amide bonds. The van der Waals surface area contributed by atoms with Crippen LogP contribution in [0.1, 0.15) is 12.8 Å². The van der Waals surface area contributed by atoms with E-state index in [9.17, 15) is 0 Å². The fraction of sp³-hybridized carbons (Fsp3) is 0.750. The van der Waals surface area contributed by atoms with E-state index in [4.69, 9.17) is 5.41 Å². The van der Waals surface area contributed by atoms with Crippen LogP contribution in [-0.2, 0) is 21.1 Å². The molecule has 1 rings (SSSR count). The molecule has 0 atom stereocenters. The van der Waals surface area contributed by atoms with Crippen LogP contribution in [0.5, 0.6) is 0 Å². The monoisotopic (exact) mass is 267 g/mol. The van der Waals surface area contributed by atoms with Crippen molar-refractivity contribution in [3.05, 3.63) is 5.41 Å². The van der Waals surface area contributed by atoms with E-state index in [1.165, 1.54) is 0 Å². The Morgan fingerprint density at radius 1 is 1.57 bits per heavy atom. The summed E-state index contributed by atoms with van der Waals surface area (Å²) in [6.45, 7) is 0.950. The van der Waals surface area contributed by atoms with E-state index in [0.717, 1.165) is 19.4 Å². The smallest absolute Gasteiger partial charge is 0 e. The van der Waals surface area contributed by atoms with E-state index < -0.39 is 0 Å². The van der Waals surface area contributed by atoms with E-state index in [-0.39, 0.29) is 21.1 Å². The normalized spacial score (nSPS) is 18.0. The SMILES string of the molecule is [N-]=C1CCCN1.[W]. The van der Waals surface area contributed by atoms with Gasteiger partial charge in [0.2, 0.25) is 0 Å². The fourth-order valence-corrected chi connectivity index (χ4v) is 0.577. The Hall–Kier alpha value is 0.158. The molecule has 1 aliphatic rings. The predicted octanol–water partition coefficient (Wildman–Crippen LogP) is 0.335. The third kappa shape index (κ3) is 2.08. The van der Waals surface area contributed by atoms with E-state index >= 15 is 0 Å². The number of amidine groups is 1. The second-order valence-electron chi connectivity index (χ2n) is 1.48. The predicted molar refractivity (Wildman–Crippen MR) is 25.6 cm³/mol. The van der Waals surface area contributed by atoms with Gasteiger partial charge in [-0.2, -0.15) is 0 Å². The van der Waals surface area contributed by atoms with Gasteiger partial charge in [-0.25, -0.2) is 0 Å². The van der Waals surface area contributed by atoms with E-state index in [0.29, 0.717) is 5.84 Å². The van der Waals surface area contributed by atoms with Crippen molar-refractivity contribution in [2.24, 2.45) is 0 Å². The molecule has 0 unspecified atom stereocenters. The summed E-state index contributed by atoms with van der Waals surface area (Å²) in [7, 11) is 0. The number of nitrogens with one attached hydrogen (secondary N) is 1. The minimum absolute atomic E-state index is 0. The first kappa shape index (κ1) is 7.16. The molecular formula is C4H7N2W-. The van der Waals surface area contributed by atoms with Gasteiger partial charge >= 0.3 is 0 Å². The molecule has 0 aromatic heterocycles. The third-order valence-electron chi connectivity index (χ3n) is 0.919. The Labute approximate surface area is 57.5 Å². The zero-order valence-corrected chi connectivity index (χ0v) is 6.91. The van der Waals surface area contributed by atoms with Crippen LogP contribution in [0.25, 0.3) is 5.41 Å². The van der Waals surface area contributed by atoms with Crippen LogP contribution in [0.15, 0.2) is 0 Å². The molecule has 1 aliphatic heterocycles. The maximum absolute atomic E-state index is 8.53. The van der Waals surface area contributed by atoms with Gasteiger partial charge in [-0.3, -0.25) is 0 Å². The average Bonchev–Trinajstić information content (AvgIpc) is 1.86. The van der Waals surface area contributed by atoms with Crippen LogP contribution in [0.2, 0.25) is 0 Å². The summed E-state index contributed by atoms with van der Waals surface area (Å²) in [6, 6.07) is 0. The molecule has 1 N–H and O–H groups in total. The summed E-state index contributed by atoms with van der Waals surface area (Å²) in [6.07, 6.45) is 1.94. The first-order valence-corrected chi connectivity index (χ1v) is 2.18. The number of nitrogens with zero attached hydrogens (tertiary/aromatic N) is 1. The maximum Gasteiger partial charge on any atom is 0 e. The van der Waals surface area contributed by atoms with Gasteiger partial charge in [-0.1, -0.05) is 18.8 Å². The molecule has 7 heavy (non-hydrogen) atoms. The molecule has 1 saturated heterocycles. The molecule has 0 aromatic rings. The zero-order chi connectivity index (χ0) is 4.41. The first-order chi connectivity index (χ1) is 2.89. The Bertz CT molecular complexity index is 64.1. The molecule has 1 fully saturated rings. The minimum Gasteiger partial charge on any atom is -0.485 e. The quantitative estimate of drug-likeness (QED) is 0.674. The van der Waals surface area contributed by atoms with Crippen molar-refractivity contribution in [3.8, 4) is 0 Å². The van der Waals surface area contributed by atoms with Gasteiger partial charge in [0.05, 0.1) is 0 Å². The summed E-state index contributed by atoms with van der Waals surface area (Å²) < 4.78 is 0. The van der Waals surface area contributed by atoms with Crippen molar-refractivity contribution in [3.63, 3.8) is 0 Å². The van der Waals surface area contributed by atoms with Gasteiger partial charge < -0.3 is 10.7 Å². The molecule has 3 heteroatoms. The molecule has 2 nitrogen and oxygen atoms in total. The Kier molecular flexibility index (Phi) is 3.27. The number of hydrogen-bond donors (Lipinski definition) is 1. The number of rotatable bonds is 0. The summed E-state index contributed by atoms with van der Waals surface area (Å²) in [5.41, 5.74) is 0. The van der Waals surface area contributed by atoms with Gasteiger partial charge in [0.15, 0.2) is 0 Å². The number of hydrogen-bond acceptors (Lipinski definition) is 0. The summed E-state index contributed by atoms with van der Waals surface area (Å²) in [4.78, 5) is 0. The Morgan fingerprint density at radius 2 is 2.29 bits per heavy atom. The third-order valence-corrected chi connectivity index (χ3v) is 0.919. The molecule has 0 saturated carbocycles. The van der Waals surface area contributed by atoms with E-state index in [2.05, 4.69) is 5.32 Å². The topological polar surface area (TPSA) is 34.3 Å². The Morgan fingerprint density at radius 3 is 2.43 bits per heavy atom. The Balaban J connectivity index is 0.000000360. The van der Waals surface area contributed by atoms with Gasteiger partial charge in [-0.05, 0) is 6.42 Å². The zero-order valence-electron chi connectivity index (χ0n) is 3.98. The summed E-state index contributed by atoms with van der Waals surface area (Å²) in [5.74, 6) is 0.454. The fourth-order valence-electron chi connectivity index (χ4n) is 0.577. The van der Waals surface area contributed by atoms with Gasteiger partial charge in [-0.15, -0.1) is 0 Å². The average molecular weight is 267 g/mol.